The molecule has 4 N–H and O–H groups in total. The Morgan fingerprint density at radius 3 is 2.40 bits per heavy atom. The Bertz CT molecular complexity index is 1360. The van der Waals surface area contributed by atoms with E-state index in [-0.39, 0.29) is 36.9 Å². The number of hydrogen-bond acceptors (Lipinski definition) is 5. The van der Waals surface area contributed by atoms with Crippen molar-refractivity contribution < 1.29 is 36.6 Å². The fourth-order valence-corrected chi connectivity index (χ4v) is 5.15. The van der Waals surface area contributed by atoms with Crippen LogP contribution in [0.5, 0.6) is 0 Å². The summed E-state index contributed by atoms with van der Waals surface area (Å²) in [7, 11) is 0. The molecular formula is C28H29F5N4O3. The van der Waals surface area contributed by atoms with Crippen molar-refractivity contribution in [3.63, 3.8) is 0 Å². The smallest absolute Gasteiger partial charge is 0.391 e. The van der Waals surface area contributed by atoms with Crippen molar-refractivity contribution in [3.8, 4) is 0 Å². The van der Waals surface area contributed by atoms with Gasteiger partial charge in [-0.05, 0) is 55.4 Å². The molecule has 0 spiro atoms. The lowest BCUT2D eigenvalue weighted by atomic mass is 9.75. The monoisotopic (exact) mass is 564 g/mol. The molecule has 3 aromatic rings. The molecular weight excluding hydrogens is 535 g/mol. The molecule has 3 atom stereocenters. The van der Waals surface area contributed by atoms with Crippen molar-refractivity contribution in [2.45, 2.75) is 62.8 Å². The Labute approximate surface area is 227 Å². The van der Waals surface area contributed by atoms with Gasteiger partial charge in [-0.1, -0.05) is 30.3 Å². The molecule has 40 heavy (non-hydrogen) atoms. The first-order valence-electron chi connectivity index (χ1n) is 12.9. The van der Waals surface area contributed by atoms with E-state index in [1.54, 1.807) is 24.3 Å². The van der Waals surface area contributed by atoms with E-state index in [0.29, 0.717) is 11.0 Å². The number of amides is 2. The van der Waals surface area contributed by atoms with Gasteiger partial charge >= 0.3 is 6.18 Å². The minimum Gasteiger partial charge on any atom is -0.391 e. The number of nitrogens with two attached hydrogens (primary N) is 1. The van der Waals surface area contributed by atoms with Crippen molar-refractivity contribution in [3.05, 3.63) is 71.5 Å². The summed E-state index contributed by atoms with van der Waals surface area (Å²) in [5.74, 6) is -5.81. The molecule has 1 aromatic heterocycles. The molecule has 4 rings (SSSR count). The second-order valence-electron chi connectivity index (χ2n) is 10.2. The second-order valence-corrected chi connectivity index (χ2v) is 10.2. The largest absolute Gasteiger partial charge is 0.416 e. The van der Waals surface area contributed by atoms with Crippen LogP contribution in [0.15, 0.2) is 54.7 Å². The maximum atomic E-state index is 13.7. The maximum Gasteiger partial charge on any atom is 0.416 e. The molecule has 1 saturated carbocycles. The highest BCUT2D eigenvalue weighted by Crippen LogP contribution is 2.40. The highest BCUT2D eigenvalue weighted by atomic mass is 19.4. The number of nitrogens with zero attached hydrogens (tertiary/aromatic N) is 2. The van der Waals surface area contributed by atoms with Crippen LogP contribution in [-0.2, 0) is 17.4 Å². The Hall–Kier alpha value is -3.67. The average molecular weight is 565 g/mol. The normalized spacial score (nSPS) is 18.1. The van der Waals surface area contributed by atoms with Gasteiger partial charge in [0, 0.05) is 18.8 Å². The molecule has 1 aliphatic rings. The van der Waals surface area contributed by atoms with E-state index in [0.717, 1.165) is 12.1 Å². The third-order valence-corrected chi connectivity index (χ3v) is 7.36. The number of fused-ring (bicyclic) bond motifs is 1. The number of para-hydroxylation sites is 2. The van der Waals surface area contributed by atoms with Crippen LogP contribution < -0.4 is 11.1 Å². The van der Waals surface area contributed by atoms with Gasteiger partial charge in [-0.3, -0.25) is 14.6 Å². The van der Waals surface area contributed by atoms with Crippen molar-refractivity contribution in [1.29, 1.82) is 0 Å². The Kier molecular flexibility index (Phi) is 8.67. The summed E-state index contributed by atoms with van der Waals surface area (Å²) in [6, 6.07) is 10.1. The van der Waals surface area contributed by atoms with Crippen LogP contribution in [0.3, 0.4) is 0 Å². The minimum atomic E-state index is -4.60. The summed E-state index contributed by atoms with van der Waals surface area (Å²) in [5.41, 5.74) is 5.76. The number of aliphatic hydroxyl groups is 1. The number of benzene rings is 2. The summed E-state index contributed by atoms with van der Waals surface area (Å²) < 4.78 is 67.3. The first-order valence-corrected chi connectivity index (χ1v) is 12.9. The zero-order chi connectivity index (χ0) is 29.1. The van der Waals surface area contributed by atoms with Crippen molar-refractivity contribution in [1.82, 2.24) is 15.3 Å². The van der Waals surface area contributed by atoms with Crippen molar-refractivity contribution >= 4 is 22.8 Å². The van der Waals surface area contributed by atoms with Crippen molar-refractivity contribution in [2.24, 2.45) is 17.6 Å². The number of carbonyl (C=O) groups is 2. The molecule has 1 heterocycles. The lowest BCUT2D eigenvalue weighted by Gasteiger charge is -2.34. The first-order chi connectivity index (χ1) is 18.8. The molecule has 3 unspecified atom stereocenters. The zero-order valence-corrected chi connectivity index (χ0v) is 21.4. The first kappa shape index (κ1) is 29.3. The van der Waals surface area contributed by atoms with Gasteiger partial charge in [0.15, 0.2) is 0 Å². The number of alkyl halides is 5. The number of rotatable bonds is 9. The van der Waals surface area contributed by atoms with Gasteiger partial charge in [0.2, 0.25) is 11.8 Å². The van der Waals surface area contributed by atoms with Crippen LogP contribution in [0.25, 0.3) is 11.0 Å². The minimum absolute atomic E-state index is 0.0324. The van der Waals surface area contributed by atoms with Gasteiger partial charge in [0.25, 0.3) is 5.91 Å². The quantitative estimate of drug-likeness (QED) is 0.327. The van der Waals surface area contributed by atoms with Crippen LogP contribution in [0.1, 0.15) is 53.7 Å². The molecule has 0 radical (unpaired) electrons. The number of carbonyl (C=O) groups excluding carboxylic acids is 2. The predicted octanol–water partition coefficient (Wildman–Crippen LogP) is 4.67. The number of aliphatic hydroxyl groups excluding tert-OH is 1. The third kappa shape index (κ3) is 7.29. The number of nitrogens with one attached hydrogen (secondary N) is 1. The molecule has 0 bridgehead atoms. The summed E-state index contributed by atoms with van der Waals surface area (Å²) in [6.45, 7) is 0. The van der Waals surface area contributed by atoms with Crippen LogP contribution in [0.4, 0.5) is 22.0 Å². The van der Waals surface area contributed by atoms with Gasteiger partial charge in [-0.25, -0.2) is 13.8 Å². The molecule has 0 aliphatic heterocycles. The summed E-state index contributed by atoms with van der Waals surface area (Å²) in [6.07, 6.45) is -6.05. The van der Waals surface area contributed by atoms with Gasteiger partial charge in [0.1, 0.15) is 5.69 Å². The summed E-state index contributed by atoms with van der Waals surface area (Å²) in [4.78, 5) is 33.9. The molecule has 7 nitrogen and oxygen atoms in total. The second kappa shape index (κ2) is 11.8. The standard InChI is InChI=1S/C28H29F5N4O3/c29-27(30)10-8-17(9-11-27)19(25(34)39)14-24(38)22(13-16-4-3-5-18(12-16)28(31,32)33)37-26(40)23-15-35-20-6-1-2-7-21(20)36-23/h1-7,12,15,17,19,22,24,38H,8-11,13-14H2,(H2,34,39)(H,37,40). The molecule has 2 aromatic carbocycles. The van der Waals surface area contributed by atoms with E-state index in [4.69, 9.17) is 5.73 Å². The number of primary amides is 1. The predicted molar refractivity (Wildman–Crippen MR) is 136 cm³/mol. The van der Waals surface area contributed by atoms with Crippen molar-refractivity contribution in [2.75, 3.05) is 0 Å². The van der Waals surface area contributed by atoms with Crippen LogP contribution in [0.2, 0.25) is 0 Å². The van der Waals surface area contributed by atoms with Gasteiger partial charge in [-0.15, -0.1) is 0 Å². The van der Waals surface area contributed by atoms with E-state index in [1.165, 1.54) is 18.3 Å². The number of halogens is 5. The highest BCUT2D eigenvalue weighted by Gasteiger charge is 2.40. The summed E-state index contributed by atoms with van der Waals surface area (Å²) in [5, 5.41) is 13.8. The Morgan fingerprint density at radius 2 is 1.75 bits per heavy atom. The van der Waals surface area contributed by atoms with E-state index in [9.17, 15) is 36.6 Å². The third-order valence-electron chi connectivity index (χ3n) is 7.36. The maximum absolute atomic E-state index is 13.7. The fraction of sp³-hybridized carbons (Fsp3) is 0.429. The molecule has 1 aliphatic carbocycles. The van der Waals surface area contributed by atoms with Crippen LogP contribution in [-0.4, -0.2) is 45.0 Å². The SMILES string of the molecule is NC(=O)C(CC(O)C(Cc1cccc(C(F)(F)F)c1)NC(=O)c1cnc2ccccc2n1)C1CCC(F)(F)CC1. The number of hydrogen-bond donors (Lipinski definition) is 3. The van der Waals surface area contributed by atoms with Crippen LogP contribution >= 0.6 is 0 Å². The van der Waals surface area contributed by atoms with E-state index in [1.807, 2.05) is 0 Å². The van der Waals surface area contributed by atoms with Gasteiger partial charge in [-0.2, -0.15) is 13.2 Å². The Balaban J connectivity index is 1.58. The lowest BCUT2D eigenvalue weighted by Crippen LogP contribution is -2.47. The fourth-order valence-electron chi connectivity index (χ4n) is 5.15. The molecule has 214 valence electrons. The summed E-state index contributed by atoms with van der Waals surface area (Å²) >= 11 is 0. The van der Waals surface area contributed by atoms with E-state index >= 15 is 0 Å². The van der Waals surface area contributed by atoms with Gasteiger partial charge in [0.05, 0.1) is 34.9 Å². The Morgan fingerprint density at radius 1 is 1.07 bits per heavy atom. The van der Waals surface area contributed by atoms with Gasteiger partial charge < -0.3 is 16.2 Å². The lowest BCUT2D eigenvalue weighted by molar-refractivity contribution is -0.137. The molecule has 1 fully saturated rings. The zero-order valence-electron chi connectivity index (χ0n) is 21.4. The average Bonchev–Trinajstić information content (AvgIpc) is 2.90. The topological polar surface area (TPSA) is 118 Å². The number of aromatic nitrogens is 2. The van der Waals surface area contributed by atoms with E-state index < -0.39 is 66.3 Å². The molecule has 0 saturated heterocycles. The molecule has 2 amide bonds. The highest BCUT2D eigenvalue weighted by molar-refractivity contribution is 5.94. The molecule has 12 heteroatoms. The van der Waals surface area contributed by atoms with E-state index in [2.05, 4.69) is 15.3 Å². The van der Waals surface area contributed by atoms with Crippen LogP contribution in [0, 0.1) is 11.8 Å².